The van der Waals surface area contributed by atoms with Crippen LogP contribution in [0.15, 0.2) is 58.7 Å². The van der Waals surface area contributed by atoms with Crippen molar-refractivity contribution in [3.05, 3.63) is 81.2 Å². The maximum atomic E-state index is 13.2. The fourth-order valence-electron chi connectivity index (χ4n) is 4.55. The summed E-state index contributed by atoms with van der Waals surface area (Å²) < 4.78 is 13.8. The summed E-state index contributed by atoms with van der Waals surface area (Å²) in [5, 5.41) is 5.03. The topological polar surface area (TPSA) is 78.1 Å². The van der Waals surface area contributed by atoms with Gasteiger partial charge >= 0.3 is 0 Å². The van der Waals surface area contributed by atoms with E-state index in [0.717, 1.165) is 36.1 Å². The number of hydrogen-bond donors (Lipinski definition) is 2. The molecule has 2 aromatic carbocycles. The molecule has 2 atom stereocenters. The van der Waals surface area contributed by atoms with Crippen molar-refractivity contribution in [2.75, 3.05) is 18.0 Å². The Hall–Kier alpha value is -3.52. The third-order valence-corrected chi connectivity index (χ3v) is 7.57. The first-order valence-corrected chi connectivity index (χ1v) is 12.7. The number of hydrogen-bond acceptors (Lipinski definition) is 5. The fraction of sp³-hybridized carbons (Fsp3) is 0.296. The molecule has 1 fully saturated rings. The lowest BCUT2D eigenvalue weighted by atomic mass is 9.96. The third kappa shape index (κ3) is 4.84. The molecule has 35 heavy (non-hydrogen) atoms. The highest BCUT2D eigenvalue weighted by molar-refractivity contribution is 7.17. The standard InChI is InChI=1S/C27H27FN4O2S/c1-16-5-7-19(8-6-16)22-15-35-24-23(22)30-27(31-26(24)34)32-13-3-4-20(14-32)25(33)29-17(2)18-9-11-21(28)12-10-18/h5-12,15,17,20H,3-4,13-14H2,1-2H3,(H,29,33)(H,30,31,34)/t17-,20-/m1/s1. The number of rotatable bonds is 5. The zero-order chi connectivity index (χ0) is 24.5. The number of benzene rings is 2. The molecule has 0 saturated carbocycles. The number of aromatic amines is 1. The van der Waals surface area contributed by atoms with Gasteiger partial charge in [-0.15, -0.1) is 11.3 Å². The SMILES string of the molecule is Cc1ccc(-c2csc3c(=O)[nH]c(N4CCC[C@@H](C(=O)N[C@H](C)c5ccc(F)cc5)C4)nc23)cc1. The molecule has 6 nitrogen and oxygen atoms in total. The van der Waals surface area contributed by atoms with Crippen LogP contribution in [0.3, 0.4) is 0 Å². The van der Waals surface area contributed by atoms with Gasteiger partial charge in [0.05, 0.1) is 17.5 Å². The zero-order valence-corrected chi connectivity index (χ0v) is 20.5. The minimum Gasteiger partial charge on any atom is -0.349 e. The van der Waals surface area contributed by atoms with Gasteiger partial charge in [0.25, 0.3) is 5.56 Å². The van der Waals surface area contributed by atoms with E-state index < -0.39 is 0 Å². The van der Waals surface area contributed by atoms with Crippen molar-refractivity contribution in [2.24, 2.45) is 5.92 Å². The van der Waals surface area contributed by atoms with Crippen LogP contribution in [0, 0.1) is 18.7 Å². The molecule has 180 valence electrons. The molecule has 8 heteroatoms. The van der Waals surface area contributed by atoms with Crippen LogP contribution in [-0.2, 0) is 4.79 Å². The number of aromatic nitrogens is 2. The lowest BCUT2D eigenvalue weighted by Gasteiger charge is -2.33. The maximum absolute atomic E-state index is 13.2. The van der Waals surface area contributed by atoms with E-state index in [1.807, 2.05) is 48.4 Å². The quantitative estimate of drug-likeness (QED) is 0.403. The summed E-state index contributed by atoms with van der Waals surface area (Å²) in [5.74, 6) is -0.0827. The molecular formula is C27H27FN4O2S. The number of carbonyl (C=O) groups excluding carboxylic acids is 1. The second-order valence-electron chi connectivity index (χ2n) is 9.15. The Kier molecular flexibility index (Phi) is 6.38. The number of halogens is 1. The number of anilines is 1. The summed E-state index contributed by atoms with van der Waals surface area (Å²) in [6.07, 6.45) is 1.58. The predicted octanol–water partition coefficient (Wildman–Crippen LogP) is 5.19. The molecule has 0 aliphatic carbocycles. The molecule has 0 bridgehead atoms. The van der Waals surface area contributed by atoms with Crippen molar-refractivity contribution in [3.8, 4) is 11.1 Å². The van der Waals surface area contributed by atoms with Gasteiger partial charge in [-0.1, -0.05) is 42.0 Å². The van der Waals surface area contributed by atoms with E-state index >= 15 is 0 Å². The first-order chi connectivity index (χ1) is 16.9. The van der Waals surface area contributed by atoms with Crippen LogP contribution in [0.5, 0.6) is 0 Å². The number of amides is 1. The Labute approximate surface area is 206 Å². The molecule has 0 radical (unpaired) electrons. The van der Waals surface area contributed by atoms with E-state index in [1.54, 1.807) is 12.1 Å². The monoisotopic (exact) mass is 490 g/mol. The molecule has 4 aromatic rings. The highest BCUT2D eigenvalue weighted by Gasteiger charge is 2.28. The van der Waals surface area contributed by atoms with Crippen LogP contribution in [0.1, 0.15) is 36.9 Å². The predicted molar refractivity (Wildman–Crippen MR) is 138 cm³/mol. The van der Waals surface area contributed by atoms with E-state index in [1.165, 1.54) is 29.0 Å². The summed E-state index contributed by atoms with van der Waals surface area (Å²) in [7, 11) is 0. The molecule has 0 unspecified atom stereocenters. The van der Waals surface area contributed by atoms with Crippen LogP contribution in [0.4, 0.5) is 10.3 Å². The zero-order valence-electron chi connectivity index (χ0n) is 19.7. The third-order valence-electron chi connectivity index (χ3n) is 6.60. The average Bonchev–Trinajstić information content (AvgIpc) is 3.29. The van der Waals surface area contributed by atoms with Gasteiger partial charge in [0, 0.05) is 24.0 Å². The lowest BCUT2D eigenvalue weighted by Crippen LogP contribution is -2.44. The number of thiophene rings is 1. The van der Waals surface area contributed by atoms with Crippen molar-refractivity contribution in [2.45, 2.75) is 32.7 Å². The summed E-state index contributed by atoms with van der Waals surface area (Å²) >= 11 is 1.39. The lowest BCUT2D eigenvalue weighted by molar-refractivity contribution is -0.125. The Bertz CT molecular complexity index is 1410. The average molecular weight is 491 g/mol. The van der Waals surface area contributed by atoms with E-state index in [9.17, 15) is 14.0 Å². The molecule has 0 spiro atoms. The number of fused-ring (bicyclic) bond motifs is 1. The van der Waals surface area contributed by atoms with Gasteiger partial charge in [-0.3, -0.25) is 14.6 Å². The molecule has 1 saturated heterocycles. The number of carbonyl (C=O) groups is 1. The van der Waals surface area contributed by atoms with Crippen LogP contribution in [-0.4, -0.2) is 29.0 Å². The Morgan fingerprint density at radius 1 is 1.20 bits per heavy atom. The number of H-pyrrole nitrogens is 1. The summed E-state index contributed by atoms with van der Waals surface area (Å²) in [5.41, 5.74) is 4.52. The van der Waals surface area contributed by atoms with Gasteiger partial charge < -0.3 is 10.2 Å². The van der Waals surface area contributed by atoms with Crippen molar-refractivity contribution >= 4 is 33.4 Å². The van der Waals surface area contributed by atoms with Crippen LogP contribution in [0.2, 0.25) is 0 Å². The molecule has 5 rings (SSSR count). The van der Waals surface area contributed by atoms with Crippen molar-refractivity contribution in [1.82, 2.24) is 15.3 Å². The van der Waals surface area contributed by atoms with Gasteiger partial charge in [0.1, 0.15) is 10.5 Å². The fourth-order valence-corrected chi connectivity index (χ4v) is 5.46. The largest absolute Gasteiger partial charge is 0.349 e. The van der Waals surface area contributed by atoms with E-state index in [2.05, 4.69) is 10.3 Å². The minimum absolute atomic E-state index is 0.0502. The van der Waals surface area contributed by atoms with Crippen LogP contribution in [0.25, 0.3) is 21.3 Å². The number of aryl methyl sites for hydroxylation is 1. The molecule has 1 aliphatic heterocycles. The smallest absolute Gasteiger partial charge is 0.270 e. The Morgan fingerprint density at radius 3 is 2.69 bits per heavy atom. The van der Waals surface area contributed by atoms with E-state index in [-0.39, 0.29) is 29.2 Å². The minimum atomic E-state index is -0.301. The Morgan fingerprint density at radius 2 is 1.94 bits per heavy atom. The number of piperidine rings is 1. The first-order valence-electron chi connectivity index (χ1n) is 11.8. The molecule has 3 heterocycles. The van der Waals surface area contributed by atoms with Crippen LogP contribution >= 0.6 is 11.3 Å². The van der Waals surface area contributed by atoms with Gasteiger partial charge in [-0.05, 0) is 49.9 Å². The van der Waals surface area contributed by atoms with Crippen molar-refractivity contribution in [1.29, 1.82) is 0 Å². The van der Waals surface area contributed by atoms with Gasteiger partial charge in [0.2, 0.25) is 11.9 Å². The second-order valence-corrected chi connectivity index (χ2v) is 10.0. The molecule has 1 aliphatic rings. The Balaban J connectivity index is 1.36. The second kappa shape index (κ2) is 9.62. The summed E-state index contributed by atoms with van der Waals surface area (Å²) in [6, 6.07) is 14.1. The molecule has 1 amide bonds. The van der Waals surface area contributed by atoms with E-state index in [0.29, 0.717) is 22.7 Å². The van der Waals surface area contributed by atoms with Gasteiger partial charge in [-0.25, -0.2) is 9.37 Å². The van der Waals surface area contributed by atoms with Crippen LogP contribution < -0.4 is 15.8 Å². The normalized spacial score (nSPS) is 16.9. The molecule has 2 N–H and O–H groups in total. The highest BCUT2D eigenvalue weighted by atomic mass is 32.1. The van der Waals surface area contributed by atoms with Crippen molar-refractivity contribution in [3.63, 3.8) is 0 Å². The number of nitrogens with zero attached hydrogens (tertiary/aromatic N) is 2. The maximum Gasteiger partial charge on any atom is 0.270 e. The highest BCUT2D eigenvalue weighted by Crippen LogP contribution is 2.32. The number of nitrogens with one attached hydrogen (secondary N) is 2. The van der Waals surface area contributed by atoms with Gasteiger partial charge in [0.15, 0.2) is 0 Å². The molecule has 2 aromatic heterocycles. The summed E-state index contributed by atoms with van der Waals surface area (Å²) in [6.45, 7) is 5.12. The first kappa shape index (κ1) is 23.2. The molecular weight excluding hydrogens is 463 g/mol. The van der Waals surface area contributed by atoms with Gasteiger partial charge in [-0.2, -0.15) is 0 Å². The van der Waals surface area contributed by atoms with Crippen molar-refractivity contribution < 1.29 is 9.18 Å². The summed E-state index contributed by atoms with van der Waals surface area (Å²) in [4.78, 5) is 35.7. The van der Waals surface area contributed by atoms with E-state index in [4.69, 9.17) is 4.98 Å².